The summed E-state index contributed by atoms with van der Waals surface area (Å²) in [6, 6.07) is 54.3. The lowest BCUT2D eigenvalue weighted by atomic mass is 9.91. The van der Waals surface area contributed by atoms with E-state index in [4.69, 9.17) is 65.5 Å². The van der Waals surface area contributed by atoms with Crippen molar-refractivity contribution in [2.75, 3.05) is 46.4 Å². The lowest BCUT2D eigenvalue weighted by Gasteiger charge is -2.48. The highest BCUT2D eigenvalue weighted by molar-refractivity contribution is 7.54. The Balaban J connectivity index is 1.04. The van der Waals surface area contributed by atoms with Crippen molar-refractivity contribution in [1.82, 2.24) is 16.0 Å². The molecule has 17 atom stereocenters. The van der Waals surface area contributed by atoms with E-state index in [-0.39, 0.29) is 58.3 Å². The molecule has 0 aliphatic carbocycles. The molecule has 8 unspecified atom stereocenters. The molecule has 0 saturated carbocycles. The zero-order valence-corrected chi connectivity index (χ0v) is 58.6. The molecule has 530 valence electrons. The average molecular weight is 1390 g/mol. The van der Waals surface area contributed by atoms with Gasteiger partial charge in [0.15, 0.2) is 6.29 Å². The first-order valence-corrected chi connectivity index (χ1v) is 36.9. The van der Waals surface area contributed by atoms with E-state index in [1.807, 2.05) is 196 Å². The van der Waals surface area contributed by atoms with E-state index in [2.05, 4.69) is 16.0 Å². The van der Waals surface area contributed by atoms with E-state index in [0.29, 0.717) is 12.8 Å². The monoisotopic (exact) mass is 1390 g/mol. The molecule has 22 nitrogen and oxygen atoms in total. The molecule has 3 saturated heterocycles. The maximum absolute atomic E-state index is 15.8. The Bertz CT molecular complexity index is 3430. The molecule has 0 radical (unpaired) electrons. The number of carbonyl (C=O) groups excluding carboxylic acids is 3. The number of nitrogens with one attached hydrogen (secondary N) is 3. The fourth-order valence-electron chi connectivity index (χ4n) is 12.4. The Labute approximate surface area is 575 Å². The third-order valence-corrected chi connectivity index (χ3v) is 21.0. The quantitative estimate of drug-likeness (QED) is 0.0307. The summed E-state index contributed by atoms with van der Waals surface area (Å²) in [6.07, 6.45) is -11.8. The first-order chi connectivity index (χ1) is 47.6. The summed E-state index contributed by atoms with van der Waals surface area (Å²) in [5.41, 5.74) is 5.07. The largest absolute Gasteiger partial charge is 0.369 e. The van der Waals surface area contributed by atoms with Crippen LogP contribution >= 0.6 is 15.2 Å². The lowest BCUT2D eigenvalue weighted by molar-refractivity contribution is -0.287. The van der Waals surface area contributed by atoms with Gasteiger partial charge in [0.1, 0.15) is 54.9 Å². The SMILES string of the molecule is CCCO[C@@H]1OC(COP(=O)(C[C@@H]2OC(COP(=O)(C[C@@H]3OC(CC)[C@H](OCc4ccccc4)[C@H](OCc4ccccc4)C3NC(C)=O)OC)[C@H](OCc3ccccc3)[C@H](OCc3ccccc3)C2NC(C)=O)OC)[C@H](OCc2ccccc2)[C@H](OCc2ccccc2)C1NC(C)=O. The van der Waals surface area contributed by atoms with E-state index >= 15 is 9.13 Å². The minimum atomic E-state index is -4.42. The predicted molar refractivity (Wildman–Crippen MR) is 366 cm³/mol. The molecule has 6 aromatic carbocycles. The smallest absolute Gasteiger partial charge is 0.333 e. The van der Waals surface area contributed by atoms with Crippen LogP contribution in [0.25, 0.3) is 0 Å². The number of rotatable bonds is 37. The highest BCUT2D eigenvalue weighted by atomic mass is 31.2. The van der Waals surface area contributed by atoms with Gasteiger partial charge in [0.05, 0.1) is 95.6 Å². The van der Waals surface area contributed by atoms with Crippen LogP contribution in [0.1, 0.15) is 80.8 Å². The molecule has 24 heteroatoms. The van der Waals surface area contributed by atoms with Crippen LogP contribution in [0.3, 0.4) is 0 Å². The van der Waals surface area contributed by atoms with Crippen LogP contribution in [-0.2, 0) is 129 Å². The Morgan fingerprint density at radius 2 is 0.643 bits per heavy atom. The Hall–Kier alpha value is -6.37. The summed E-state index contributed by atoms with van der Waals surface area (Å²) in [5, 5.41) is 9.11. The predicted octanol–water partition coefficient (Wildman–Crippen LogP) is 10.8. The molecular weight excluding hydrogens is 1300 g/mol. The zero-order chi connectivity index (χ0) is 69.3. The molecule has 0 bridgehead atoms. The number of hydrogen-bond acceptors (Lipinski definition) is 19. The van der Waals surface area contributed by atoms with Crippen LogP contribution in [0.4, 0.5) is 0 Å². The molecular formula is C74H95N3O19P2. The summed E-state index contributed by atoms with van der Waals surface area (Å²) in [6.45, 7) is 8.00. The van der Waals surface area contributed by atoms with Crippen LogP contribution in [0.2, 0.25) is 0 Å². The lowest BCUT2D eigenvalue weighted by Crippen LogP contribution is -2.66. The summed E-state index contributed by atoms with van der Waals surface area (Å²) in [7, 11) is -6.23. The number of hydrogen-bond donors (Lipinski definition) is 3. The maximum Gasteiger partial charge on any atom is 0.333 e. The van der Waals surface area contributed by atoms with Crippen LogP contribution in [0, 0.1) is 0 Å². The van der Waals surface area contributed by atoms with Crippen molar-refractivity contribution in [2.45, 2.75) is 179 Å². The second kappa shape index (κ2) is 38.4. The molecule has 0 aromatic heterocycles. The van der Waals surface area contributed by atoms with E-state index in [9.17, 15) is 14.4 Å². The fraction of sp³-hybridized carbons (Fsp3) is 0.473. The first-order valence-electron chi connectivity index (χ1n) is 33.5. The number of benzene rings is 6. The van der Waals surface area contributed by atoms with Gasteiger partial charge in [-0.15, -0.1) is 0 Å². The van der Waals surface area contributed by atoms with Crippen molar-refractivity contribution in [3.05, 3.63) is 215 Å². The molecule has 3 amide bonds. The minimum Gasteiger partial charge on any atom is -0.369 e. The molecule has 3 fully saturated rings. The summed E-state index contributed by atoms with van der Waals surface area (Å²) in [5.74, 6) is -1.23. The van der Waals surface area contributed by atoms with Crippen LogP contribution in [0.5, 0.6) is 0 Å². The Morgan fingerprint density at radius 1 is 0.367 bits per heavy atom. The van der Waals surface area contributed by atoms with Gasteiger partial charge in [-0.05, 0) is 46.2 Å². The molecule has 6 aromatic rings. The Morgan fingerprint density at radius 3 is 0.939 bits per heavy atom. The fourth-order valence-corrected chi connectivity index (χ4v) is 15.4. The Kier molecular flexibility index (Phi) is 29.7. The average Bonchev–Trinajstić information content (AvgIpc) is 0.787. The van der Waals surface area contributed by atoms with Crippen molar-refractivity contribution >= 4 is 32.9 Å². The van der Waals surface area contributed by atoms with Crippen molar-refractivity contribution in [3.8, 4) is 0 Å². The molecule has 9 rings (SSSR count). The number of amides is 3. The second-order valence-electron chi connectivity index (χ2n) is 24.5. The number of carbonyl (C=O) groups is 3. The van der Waals surface area contributed by atoms with Crippen molar-refractivity contribution < 1.29 is 89.0 Å². The highest BCUT2D eigenvalue weighted by Gasteiger charge is 2.54. The van der Waals surface area contributed by atoms with E-state index in [1.54, 1.807) is 0 Å². The van der Waals surface area contributed by atoms with Gasteiger partial charge in [-0.2, -0.15) is 0 Å². The first kappa shape index (κ1) is 75.8. The van der Waals surface area contributed by atoms with E-state index in [1.165, 1.54) is 35.0 Å². The molecule has 3 N–H and O–H groups in total. The molecule has 3 aliphatic rings. The summed E-state index contributed by atoms with van der Waals surface area (Å²) < 4.78 is 124. The van der Waals surface area contributed by atoms with Crippen LogP contribution < -0.4 is 16.0 Å². The zero-order valence-electron chi connectivity index (χ0n) is 56.8. The van der Waals surface area contributed by atoms with Gasteiger partial charge in [-0.1, -0.05) is 196 Å². The maximum atomic E-state index is 15.8. The topological polar surface area (TPSA) is 251 Å². The second-order valence-corrected chi connectivity index (χ2v) is 29.0. The van der Waals surface area contributed by atoms with Gasteiger partial charge in [0.25, 0.3) is 0 Å². The number of ether oxygens (including phenoxy) is 10. The molecule has 98 heavy (non-hydrogen) atoms. The van der Waals surface area contributed by atoms with Crippen LogP contribution in [-0.4, -0.2) is 156 Å². The van der Waals surface area contributed by atoms with Crippen molar-refractivity contribution in [1.29, 1.82) is 0 Å². The third kappa shape index (κ3) is 22.3. The standard InChI is InChI=1S/C74H95N3O19P2/c1-8-40-85-74-67(77-53(5)80)73(91-46-59-38-26-15-27-39-59)70(88-43-56-32-20-12-21-33-56)62(96-74)48-93-98(82,84-7)50-64-66(76-52(4)79)72(90-45-58-36-24-14-25-37-58)69(87-42-55-30-18-11-19-31-55)61(95-64)47-92-97(81,83-6)49-63-65(75-51(3)78)71(89-44-57-34-22-13-23-35-57)68(60(9-2)94-63)86-41-54-28-16-10-17-29-54/h10-39,60-74H,8-9,40-50H2,1-7H3,(H,75,78)(H,76,79)(H,77,80)/t60?,61?,62?,63-,64-,65?,66?,67?,68-,69-,70-,71+,72+,73+,74+,97?,98?/m0/s1. The van der Waals surface area contributed by atoms with Gasteiger partial charge in [-0.3, -0.25) is 23.5 Å². The summed E-state index contributed by atoms with van der Waals surface area (Å²) >= 11 is 0. The molecule has 0 spiro atoms. The summed E-state index contributed by atoms with van der Waals surface area (Å²) in [4.78, 5) is 40.1. The highest BCUT2D eigenvalue weighted by Crippen LogP contribution is 2.53. The van der Waals surface area contributed by atoms with Gasteiger partial charge in [0.2, 0.25) is 17.7 Å². The van der Waals surface area contributed by atoms with Crippen molar-refractivity contribution in [2.24, 2.45) is 0 Å². The van der Waals surface area contributed by atoms with Crippen LogP contribution in [0.15, 0.2) is 182 Å². The van der Waals surface area contributed by atoms with Gasteiger partial charge >= 0.3 is 15.2 Å². The third-order valence-electron chi connectivity index (χ3n) is 17.2. The minimum absolute atomic E-state index is 0.0193. The van der Waals surface area contributed by atoms with Crippen molar-refractivity contribution in [3.63, 3.8) is 0 Å². The van der Waals surface area contributed by atoms with Gasteiger partial charge in [-0.25, -0.2) is 0 Å². The normalized spacial score (nSPS) is 26.8. The van der Waals surface area contributed by atoms with Gasteiger partial charge in [0, 0.05) is 41.6 Å². The molecule has 3 aliphatic heterocycles. The molecule has 3 heterocycles. The van der Waals surface area contributed by atoms with E-state index < -0.39 is 138 Å². The van der Waals surface area contributed by atoms with Gasteiger partial charge < -0.3 is 81.4 Å². The van der Waals surface area contributed by atoms with E-state index in [0.717, 1.165) is 33.4 Å².